The van der Waals surface area contributed by atoms with E-state index >= 15 is 0 Å². The highest BCUT2D eigenvalue weighted by Gasteiger charge is 2.13. The number of rotatable bonds is 6. The van der Waals surface area contributed by atoms with Crippen molar-refractivity contribution in [3.8, 4) is 11.5 Å². The maximum atomic E-state index is 12.2. The molecule has 2 aromatic carbocycles. The van der Waals surface area contributed by atoms with Gasteiger partial charge in [-0.25, -0.2) is 0 Å². The van der Waals surface area contributed by atoms with Crippen molar-refractivity contribution in [1.29, 1.82) is 0 Å². The fraction of sp³-hybridized carbons (Fsp3) is 0.167. The summed E-state index contributed by atoms with van der Waals surface area (Å²) < 4.78 is 10.4. The second-order valence-electron chi connectivity index (χ2n) is 4.71. The first kappa shape index (κ1) is 15.6. The van der Waals surface area contributed by atoms with Crippen LogP contribution in [-0.2, 0) is 11.3 Å². The van der Waals surface area contributed by atoms with Crippen molar-refractivity contribution in [2.75, 3.05) is 14.2 Å². The van der Waals surface area contributed by atoms with Crippen molar-refractivity contribution in [3.63, 3.8) is 0 Å². The molecule has 0 heterocycles. The lowest BCUT2D eigenvalue weighted by molar-refractivity contribution is -0.115. The minimum atomic E-state index is -0.222. The van der Waals surface area contributed by atoms with Gasteiger partial charge in [-0.1, -0.05) is 36.9 Å². The van der Waals surface area contributed by atoms with Gasteiger partial charge < -0.3 is 14.8 Å². The average molecular weight is 297 g/mol. The van der Waals surface area contributed by atoms with Crippen LogP contribution < -0.4 is 14.8 Å². The van der Waals surface area contributed by atoms with Crippen LogP contribution in [0.5, 0.6) is 11.5 Å². The van der Waals surface area contributed by atoms with E-state index in [1.54, 1.807) is 20.3 Å². The number of benzene rings is 2. The van der Waals surface area contributed by atoms with Crippen LogP contribution in [0.1, 0.15) is 11.1 Å². The lowest BCUT2D eigenvalue weighted by Gasteiger charge is -2.11. The van der Waals surface area contributed by atoms with Crippen LogP contribution in [-0.4, -0.2) is 20.1 Å². The summed E-state index contributed by atoms with van der Waals surface area (Å²) in [6.45, 7) is 4.29. The Hall–Kier alpha value is -2.75. The summed E-state index contributed by atoms with van der Waals surface area (Å²) in [6.07, 6.45) is 0. The molecule has 4 heteroatoms. The van der Waals surface area contributed by atoms with E-state index in [9.17, 15) is 4.79 Å². The molecule has 0 aliphatic rings. The zero-order valence-electron chi connectivity index (χ0n) is 12.8. The van der Waals surface area contributed by atoms with Crippen LogP contribution in [0, 0.1) is 0 Å². The zero-order chi connectivity index (χ0) is 15.9. The van der Waals surface area contributed by atoms with Crippen LogP contribution in [0.4, 0.5) is 0 Å². The van der Waals surface area contributed by atoms with Crippen molar-refractivity contribution < 1.29 is 14.3 Å². The SMILES string of the molecule is C=C(C(=O)NCc1ccc(OC)cc1)c1ccccc1OC. The minimum absolute atomic E-state index is 0.222. The highest BCUT2D eigenvalue weighted by Crippen LogP contribution is 2.24. The molecule has 2 aromatic rings. The maximum Gasteiger partial charge on any atom is 0.251 e. The molecule has 0 atom stereocenters. The minimum Gasteiger partial charge on any atom is -0.497 e. The van der Waals surface area contributed by atoms with Gasteiger partial charge in [0.1, 0.15) is 11.5 Å². The normalized spacial score (nSPS) is 9.91. The Morgan fingerprint density at radius 3 is 2.36 bits per heavy atom. The molecule has 2 rings (SSSR count). The fourth-order valence-electron chi connectivity index (χ4n) is 2.05. The van der Waals surface area contributed by atoms with E-state index in [1.165, 1.54) is 0 Å². The molecule has 0 saturated carbocycles. The van der Waals surface area contributed by atoms with Crippen molar-refractivity contribution in [3.05, 3.63) is 66.2 Å². The molecule has 22 heavy (non-hydrogen) atoms. The Balaban J connectivity index is 2.00. The molecule has 1 amide bonds. The van der Waals surface area contributed by atoms with Crippen LogP contribution in [0.3, 0.4) is 0 Å². The van der Waals surface area contributed by atoms with E-state index in [-0.39, 0.29) is 5.91 Å². The first-order valence-electron chi connectivity index (χ1n) is 6.89. The molecular weight excluding hydrogens is 278 g/mol. The first-order valence-corrected chi connectivity index (χ1v) is 6.89. The standard InChI is InChI=1S/C18H19NO3/c1-13(16-6-4-5-7-17(16)22-3)18(20)19-12-14-8-10-15(21-2)11-9-14/h4-11H,1,12H2,2-3H3,(H,19,20). The Morgan fingerprint density at radius 2 is 1.73 bits per heavy atom. The van der Waals surface area contributed by atoms with Crippen LogP contribution in [0.25, 0.3) is 5.57 Å². The van der Waals surface area contributed by atoms with Gasteiger partial charge >= 0.3 is 0 Å². The summed E-state index contributed by atoms with van der Waals surface area (Å²) in [6, 6.07) is 14.8. The summed E-state index contributed by atoms with van der Waals surface area (Å²) in [5.74, 6) is 1.20. The van der Waals surface area contributed by atoms with Gasteiger partial charge in [-0.05, 0) is 23.8 Å². The molecular formula is C18H19NO3. The van der Waals surface area contributed by atoms with Gasteiger partial charge in [0.2, 0.25) is 0 Å². The van der Waals surface area contributed by atoms with E-state index in [4.69, 9.17) is 9.47 Å². The number of carbonyl (C=O) groups excluding carboxylic acids is 1. The summed E-state index contributed by atoms with van der Waals surface area (Å²) >= 11 is 0. The number of ether oxygens (including phenoxy) is 2. The van der Waals surface area contributed by atoms with Crippen molar-refractivity contribution >= 4 is 11.5 Å². The number of amides is 1. The summed E-state index contributed by atoms with van der Waals surface area (Å²) in [4.78, 5) is 12.2. The molecule has 0 unspecified atom stereocenters. The molecule has 0 spiro atoms. The molecule has 0 aliphatic heterocycles. The Morgan fingerprint density at radius 1 is 1.05 bits per heavy atom. The molecule has 4 nitrogen and oxygen atoms in total. The third-order valence-corrected chi connectivity index (χ3v) is 3.32. The van der Waals surface area contributed by atoms with Gasteiger partial charge in [0.15, 0.2) is 0 Å². The predicted octanol–water partition coefficient (Wildman–Crippen LogP) is 3.03. The lowest BCUT2D eigenvalue weighted by atomic mass is 10.1. The molecule has 0 saturated heterocycles. The van der Waals surface area contributed by atoms with E-state index in [1.807, 2.05) is 42.5 Å². The van der Waals surface area contributed by atoms with Crippen LogP contribution >= 0.6 is 0 Å². The van der Waals surface area contributed by atoms with Gasteiger partial charge in [0.05, 0.1) is 14.2 Å². The van der Waals surface area contributed by atoms with Gasteiger partial charge in [0, 0.05) is 17.7 Å². The molecule has 0 radical (unpaired) electrons. The highest BCUT2D eigenvalue weighted by atomic mass is 16.5. The van der Waals surface area contributed by atoms with E-state index in [0.717, 1.165) is 11.3 Å². The highest BCUT2D eigenvalue weighted by molar-refractivity contribution is 6.19. The summed E-state index contributed by atoms with van der Waals surface area (Å²) in [5, 5.41) is 2.85. The second kappa shape index (κ2) is 7.31. The molecule has 0 aliphatic carbocycles. The number of hydrogen-bond donors (Lipinski definition) is 1. The van der Waals surface area contributed by atoms with Gasteiger partial charge in [0.25, 0.3) is 5.91 Å². The number of nitrogens with one attached hydrogen (secondary N) is 1. The molecule has 1 N–H and O–H groups in total. The number of hydrogen-bond acceptors (Lipinski definition) is 3. The fourth-order valence-corrected chi connectivity index (χ4v) is 2.05. The number of methoxy groups -OCH3 is 2. The smallest absolute Gasteiger partial charge is 0.251 e. The van der Waals surface area contributed by atoms with Crippen molar-refractivity contribution in [1.82, 2.24) is 5.32 Å². The third kappa shape index (κ3) is 3.67. The monoisotopic (exact) mass is 297 g/mol. The lowest BCUT2D eigenvalue weighted by Crippen LogP contribution is -2.23. The maximum absolute atomic E-state index is 12.2. The van der Waals surface area contributed by atoms with Gasteiger partial charge in [-0.3, -0.25) is 4.79 Å². The first-order chi connectivity index (χ1) is 10.7. The third-order valence-electron chi connectivity index (χ3n) is 3.32. The van der Waals surface area contributed by atoms with Crippen LogP contribution in [0.15, 0.2) is 55.1 Å². The molecule has 0 fully saturated rings. The van der Waals surface area contributed by atoms with Crippen molar-refractivity contribution in [2.24, 2.45) is 0 Å². The summed E-state index contributed by atoms with van der Waals surface area (Å²) in [7, 11) is 3.19. The predicted molar refractivity (Wildman–Crippen MR) is 86.9 cm³/mol. The Bertz CT molecular complexity index is 662. The van der Waals surface area contributed by atoms with Gasteiger partial charge in [-0.2, -0.15) is 0 Å². The summed E-state index contributed by atoms with van der Waals surface area (Å²) in [5.41, 5.74) is 2.06. The van der Waals surface area contributed by atoms with E-state index in [0.29, 0.717) is 23.4 Å². The average Bonchev–Trinajstić information content (AvgIpc) is 2.59. The Kier molecular flexibility index (Phi) is 5.20. The number of carbonyl (C=O) groups is 1. The molecule has 114 valence electrons. The number of para-hydroxylation sites is 1. The van der Waals surface area contributed by atoms with E-state index in [2.05, 4.69) is 11.9 Å². The quantitative estimate of drug-likeness (QED) is 0.834. The van der Waals surface area contributed by atoms with Crippen molar-refractivity contribution in [2.45, 2.75) is 6.54 Å². The van der Waals surface area contributed by atoms with E-state index < -0.39 is 0 Å². The molecule has 0 bridgehead atoms. The Labute approximate surface area is 130 Å². The molecule has 0 aromatic heterocycles. The second-order valence-corrected chi connectivity index (χ2v) is 4.71. The topological polar surface area (TPSA) is 47.6 Å². The zero-order valence-corrected chi connectivity index (χ0v) is 12.8. The van der Waals surface area contributed by atoms with Gasteiger partial charge in [-0.15, -0.1) is 0 Å². The largest absolute Gasteiger partial charge is 0.497 e. The van der Waals surface area contributed by atoms with Crippen LogP contribution in [0.2, 0.25) is 0 Å².